The number of halogens is 2. The molecular weight excluding hydrogens is 330 g/mol. The SMILES string of the molecule is Cc1ccc(Cl)c(NC(=O)c2ccc(Br)c(O)c2)c1. The van der Waals surface area contributed by atoms with Gasteiger partial charge in [-0.3, -0.25) is 4.79 Å². The van der Waals surface area contributed by atoms with E-state index in [2.05, 4.69) is 21.2 Å². The number of hydrogen-bond acceptors (Lipinski definition) is 2. The number of hydrogen-bond donors (Lipinski definition) is 2. The fourth-order valence-electron chi connectivity index (χ4n) is 1.58. The molecule has 98 valence electrons. The number of aryl methyl sites for hydroxylation is 1. The first-order chi connectivity index (χ1) is 8.97. The number of aromatic hydroxyl groups is 1. The van der Waals surface area contributed by atoms with Crippen LogP contribution < -0.4 is 5.32 Å². The molecule has 0 bridgehead atoms. The molecule has 0 spiro atoms. The van der Waals surface area contributed by atoms with E-state index in [1.807, 2.05) is 13.0 Å². The van der Waals surface area contributed by atoms with Crippen LogP contribution in [0.1, 0.15) is 15.9 Å². The van der Waals surface area contributed by atoms with Crippen LogP contribution in [-0.2, 0) is 0 Å². The van der Waals surface area contributed by atoms with E-state index >= 15 is 0 Å². The van der Waals surface area contributed by atoms with Gasteiger partial charge in [-0.15, -0.1) is 0 Å². The number of carbonyl (C=O) groups excluding carboxylic acids is 1. The first kappa shape index (κ1) is 13.9. The Bertz CT molecular complexity index is 643. The van der Waals surface area contributed by atoms with Crippen molar-refractivity contribution in [3.8, 4) is 5.75 Å². The standard InChI is InChI=1S/C14H11BrClNO2/c1-8-2-5-11(16)12(6-8)17-14(19)9-3-4-10(15)13(18)7-9/h2-7,18H,1H3,(H,17,19). The Balaban J connectivity index is 2.25. The predicted octanol–water partition coefficient (Wildman–Crippen LogP) is 4.37. The second-order valence-corrected chi connectivity index (χ2v) is 5.37. The van der Waals surface area contributed by atoms with Gasteiger partial charge in [0, 0.05) is 5.56 Å². The van der Waals surface area contributed by atoms with Gasteiger partial charge in [-0.2, -0.15) is 0 Å². The highest BCUT2D eigenvalue weighted by atomic mass is 79.9. The number of phenolic OH excluding ortho intramolecular Hbond substituents is 1. The van der Waals surface area contributed by atoms with Crippen molar-refractivity contribution in [1.82, 2.24) is 0 Å². The second kappa shape index (κ2) is 5.63. The number of carbonyl (C=O) groups is 1. The minimum Gasteiger partial charge on any atom is -0.507 e. The summed E-state index contributed by atoms with van der Waals surface area (Å²) in [5, 5.41) is 12.8. The number of anilines is 1. The van der Waals surface area contributed by atoms with Crippen LogP contribution in [0.25, 0.3) is 0 Å². The normalized spacial score (nSPS) is 10.3. The summed E-state index contributed by atoms with van der Waals surface area (Å²) in [5.41, 5.74) is 1.91. The van der Waals surface area contributed by atoms with Gasteiger partial charge in [0.15, 0.2) is 0 Å². The van der Waals surface area contributed by atoms with Crippen molar-refractivity contribution in [1.29, 1.82) is 0 Å². The molecule has 0 atom stereocenters. The van der Waals surface area contributed by atoms with E-state index in [0.717, 1.165) is 5.56 Å². The van der Waals surface area contributed by atoms with Gasteiger partial charge >= 0.3 is 0 Å². The Hall–Kier alpha value is -1.52. The molecule has 1 amide bonds. The lowest BCUT2D eigenvalue weighted by atomic mass is 10.2. The molecule has 0 fully saturated rings. The molecule has 0 saturated carbocycles. The van der Waals surface area contributed by atoms with Gasteiger partial charge < -0.3 is 10.4 Å². The van der Waals surface area contributed by atoms with Crippen molar-refractivity contribution in [2.45, 2.75) is 6.92 Å². The number of phenols is 1. The third kappa shape index (κ3) is 3.28. The summed E-state index contributed by atoms with van der Waals surface area (Å²) in [6.45, 7) is 1.91. The quantitative estimate of drug-likeness (QED) is 0.853. The molecule has 0 aliphatic carbocycles. The van der Waals surface area contributed by atoms with Crippen LogP contribution in [-0.4, -0.2) is 11.0 Å². The van der Waals surface area contributed by atoms with E-state index in [1.54, 1.807) is 24.3 Å². The zero-order chi connectivity index (χ0) is 14.0. The monoisotopic (exact) mass is 339 g/mol. The molecule has 0 aromatic heterocycles. The fourth-order valence-corrected chi connectivity index (χ4v) is 1.99. The lowest BCUT2D eigenvalue weighted by Crippen LogP contribution is -2.12. The molecule has 2 rings (SSSR count). The van der Waals surface area contributed by atoms with Crippen LogP contribution in [0.5, 0.6) is 5.75 Å². The van der Waals surface area contributed by atoms with E-state index in [4.69, 9.17) is 11.6 Å². The van der Waals surface area contributed by atoms with Crippen molar-refractivity contribution in [2.24, 2.45) is 0 Å². The fraction of sp³-hybridized carbons (Fsp3) is 0.0714. The maximum Gasteiger partial charge on any atom is 0.255 e. The minimum atomic E-state index is -0.324. The van der Waals surface area contributed by atoms with Gasteiger partial charge in [-0.1, -0.05) is 17.7 Å². The van der Waals surface area contributed by atoms with Crippen molar-refractivity contribution in [3.05, 3.63) is 57.0 Å². The Kier molecular flexibility index (Phi) is 4.12. The van der Waals surface area contributed by atoms with Crippen LogP contribution in [0.2, 0.25) is 5.02 Å². The molecule has 3 nitrogen and oxygen atoms in total. The van der Waals surface area contributed by atoms with Crippen LogP contribution in [0.15, 0.2) is 40.9 Å². The average Bonchev–Trinajstić information content (AvgIpc) is 2.37. The highest BCUT2D eigenvalue weighted by Gasteiger charge is 2.10. The van der Waals surface area contributed by atoms with Crippen molar-refractivity contribution < 1.29 is 9.90 Å². The van der Waals surface area contributed by atoms with Crippen molar-refractivity contribution in [2.75, 3.05) is 5.32 Å². The summed E-state index contributed by atoms with van der Waals surface area (Å²) >= 11 is 9.18. The molecule has 0 radical (unpaired) electrons. The second-order valence-electron chi connectivity index (χ2n) is 4.10. The summed E-state index contributed by atoms with van der Waals surface area (Å²) in [5.74, 6) is -0.307. The van der Waals surface area contributed by atoms with Gasteiger partial charge in [-0.25, -0.2) is 0 Å². The third-order valence-electron chi connectivity index (χ3n) is 2.58. The van der Waals surface area contributed by atoms with Crippen molar-refractivity contribution in [3.63, 3.8) is 0 Å². The molecule has 2 aromatic rings. The molecule has 2 aromatic carbocycles. The average molecular weight is 341 g/mol. The molecule has 19 heavy (non-hydrogen) atoms. The zero-order valence-electron chi connectivity index (χ0n) is 10.1. The Morgan fingerprint density at radius 3 is 2.68 bits per heavy atom. The van der Waals surface area contributed by atoms with Gasteiger partial charge in [0.1, 0.15) is 5.75 Å². The van der Waals surface area contributed by atoms with E-state index in [1.165, 1.54) is 6.07 Å². The number of benzene rings is 2. The number of amides is 1. The lowest BCUT2D eigenvalue weighted by molar-refractivity contribution is 0.102. The zero-order valence-corrected chi connectivity index (χ0v) is 12.4. The van der Waals surface area contributed by atoms with E-state index in [0.29, 0.717) is 20.7 Å². The maximum absolute atomic E-state index is 12.0. The predicted molar refractivity (Wildman–Crippen MR) is 79.9 cm³/mol. The van der Waals surface area contributed by atoms with Gasteiger partial charge in [0.25, 0.3) is 5.91 Å². The Morgan fingerprint density at radius 1 is 1.26 bits per heavy atom. The largest absolute Gasteiger partial charge is 0.507 e. The number of rotatable bonds is 2. The number of nitrogens with one attached hydrogen (secondary N) is 1. The summed E-state index contributed by atoms with van der Waals surface area (Å²) < 4.78 is 0.539. The first-order valence-electron chi connectivity index (χ1n) is 5.53. The Morgan fingerprint density at radius 2 is 2.00 bits per heavy atom. The molecule has 0 heterocycles. The van der Waals surface area contributed by atoms with Crippen LogP contribution in [0, 0.1) is 6.92 Å². The highest BCUT2D eigenvalue weighted by molar-refractivity contribution is 9.10. The summed E-state index contributed by atoms with van der Waals surface area (Å²) in [7, 11) is 0. The lowest BCUT2D eigenvalue weighted by Gasteiger charge is -2.08. The first-order valence-corrected chi connectivity index (χ1v) is 6.70. The van der Waals surface area contributed by atoms with Crippen LogP contribution in [0.3, 0.4) is 0 Å². The summed E-state index contributed by atoms with van der Waals surface area (Å²) in [6.07, 6.45) is 0. The summed E-state index contributed by atoms with van der Waals surface area (Å²) in [6, 6.07) is 10.0. The molecule has 0 aliphatic rings. The smallest absolute Gasteiger partial charge is 0.255 e. The molecule has 0 aliphatic heterocycles. The van der Waals surface area contributed by atoms with E-state index in [9.17, 15) is 9.90 Å². The minimum absolute atomic E-state index is 0.0167. The van der Waals surface area contributed by atoms with Crippen molar-refractivity contribution >= 4 is 39.1 Å². The topological polar surface area (TPSA) is 49.3 Å². The van der Waals surface area contributed by atoms with Gasteiger partial charge in [0.2, 0.25) is 0 Å². The molecule has 0 saturated heterocycles. The Labute approximate surface area is 124 Å². The molecular formula is C14H11BrClNO2. The van der Waals surface area contributed by atoms with Crippen LogP contribution >= 0.6 is 27.5 Å². The van der Waals surface area contributed by atoms with E-state index < -0.39 is 0 Å². The molecule has 5 heteroatoms. The van der Waals surface area contributed by atoms with E-state index in [-0.39, 0.29) is 11.7 Å². The molecule has 0 unspecified atom stereocenters. The van der Waals surface area contributed by atoms with Crippen LogP contribution in [0.4, 0.5) is 5.69 Å². The summed E-state index contributed by atoms with van der Waals surface area (Å²) in [4.78, 5) is 12.0. The maximum atomic E-state index is 12.0. The molecule has 2 N–H and O–H groups in total. The highest BCUT2D eigenvalue weighted by Crippen LogP contribution is 2.26. The van der Waals surface area contributed by atoms with Gasteiger partial charge in [0.05, 0.1) is 15.2 Å². The third-order valence-corrected chi connectivity index (χ3v) is 3.58. The van der Waals surface area contributed by atoms with Gasteiger partial charge in [-0.05, 0) is 58.7 Å².